The number of hydrogen-bond donors (Lipinski definition) is 0. The minimum atomic E-state index is 0.757. The highest BCUT2D eigenvalue weighted by atomic mass is 15.3. The third-order valence-corrected chi connectivity index (χ3v) is 5.30. The molecule has 0 radical (unpaired) electrons. The Balaban J connectivity index is 2.03. The fraction of sp³-hybridized carbons (Fsp3) is 1.00. The summed E-state index contributed by atoms with van der Waals surface area (Å²) < 4.78 is 0. The van der Waals surface area contributed by atoms with Gasteiger partial charge in [0.1, 0.15) is 0 Å². The van der Waals surface area contributed by atoms with Gasteiger partial charge < -0.3 is 0 Å². The SMILES string of the molecule is CCC(C)C(C)N1CC2CCCN2CC1CC. The van der Waals surface area contributed by atoms with Crippen LogP contribution in [0.4, 0.5) is 0 Å². The van der Waals surface area contributed by atoms with Crippen LogP contribution < -0.4 is 0 Å². The summed E-state index contributed by atoms with van der Waals surface area (Å²) in [4.78, 5) is 5.56. The summed E-state index contributed by atoms with van der Waals surface area (Å²) in [6, 6.07) is 2.42. The van der Waals surface area contributed by atoms with Crippen molar-refractivity contribution in [3.63, 3.8) is 0 Å². The Morgan fingerprint density at radius 1 is 1.18 bits per heavy atom. The van der Waals surface area contributed by atoms with Crippen molar-refractivity contribution in [1.29, 1.82) is 0 Å². The van der Waals surface area contributed by atoms with Gasteiger partial charge in [-0.15, -0.1) is 0 Å². The zero-order valence-corrected chi connectivity index (χ0v) is 12.2. The Kier molecular flexibility index (Phi) is 4.48. The Morgan fingerprint density at radius 2 is 1.94 bits per heavy atom. The van der Waals surface area contributed by atoms with Gasteiger partial charge in [0.25, 0.3) is 0 Å². The molecule has 2 rings (SSSR count). The molecule has 0 spiro atoms. The van der Waals surface area contributed by atoms with Crippen LogP contribution in [0.5, 0.6) is 0 Å². The van der Waals surface area contributed by atoms with Gasteiger partial charge in [0.15, 0.2) is 0 Å². The fourth-order valence-corrected chi connectivity index (χ4v) is 3.64. The number of nitrogens with zero attached hydrogens (tertiary/aromatic N) is 2. The molecule has 0 aromatic rings. The smallest absolute Gasteiger partial charge is 0.0224 e. The van der Waals surface area contributed by atoms with Crippen LogP contribution >= 0.6 is 0 Å². The fourth-order valence-electron chi connectivity index (χ4n) is 3.64. The first-order valence-electron chi connectivity index (χ1n) is 7.67. The largest absolute Gasteiger partial charge is 0.298 e. The van der Waals surface area contributed by atoms with E-state index in [1.807, 2.05) is 0 Å². The van der Waals surface area contributed by atoms with Gasteiger partial charge >= 0.3 is 0 Å². The van der Waals surface area contributed by atoms with Gasteiger partial charge in [-0.05, 0) is 38.6 Å². The van der Waals surface area contributed by atoms with E-state index >= 15 is 0 Å². The molecule has 0 amide bonds. The van der Waals surface area contributed by atoms with Crippen LogP contribution in [0.15, 0.2) is 0 Å². The minimum absolute atomic E-state index is 0.757. The molecule has 2 aliphatic heterocycles. The van der Waals surface area contributed by atoms with Gasteiger partial charge in [0.2, 0.25) is 0 Å². The number of piperazine rings is 1. The van der Waals surface area contributed by atoms with Gasteiger partial charge in [-0.25, -0.2) is 0 Å². The van der Waals surface area contributed by atoms with Crippen molar-refractivity contribution in [2.75, 3.05) is 19.6 Å². The second-order valence-electron chi connectivity index (χ2n) is 6.18. The summed E-state index contributed by atoms with van der Waals surface area (Å²) >= 11 is 0. The lowest BCUT2D eigenvalue weighted by Gasteiger charge is -2.47. The van der Waals surface area contributed by atoms with Gasteiger partial charge in [-0.1, -0.05) is 27.2 Å². The summed E-state index contributed by atoms with van der Waals surface area (Å²) in [5.41, 5.74) is 0. The van der Waals surface area contributed by atoms with Gasteiger partial charge in [-0.3, -0.25) is 9.80 Å². The predicted octanol–water partition coefficient (Wildman–Crippen LogP) is 2.98. The van der Waals surface area contributed by atoms with Crippen LogP contribution in [0.3, 0.4) is 0 Å². The Bertz CT molecular complexity index is 241. The van der Waals surface area contributed by atoms with E-state index in [1.165, 1.54) is 45.3 Å². The average Bonchev–Trinajstić information content (AvgIpc) is 2.82. The van der Waals surface area contributed by atoms with Crippen molar-refractivity contribution < 1.29 is 0 Å². The first-order valence-corrected chi connectivity index (χ1v) is 7.67. The Morgan fingerprint density at radius 3 is 2.59 bits per heavy atom. The van der Waals surface area contributed by atoms with Crippen molar-refractivity contribution in [2.24, 2.45) is 5.92 Å². The lowest BCUT2D eigenvalue weighted by atomic mass is 9.94. The maximum Gasteiger partial charge on any atom is 0.0224 e. The molecule has 0 aliphatic carbocycles. The van der Waals surface area contributed by atoms with E-state index < -0.39 is 0 Å². The van der Waals surface area contributed by atoms with Crippen LogP contribution in [0.1, 0.15) is 53.4 Å². The first-order chi connectivity index (χ1) is 8.17. The molecule has 100 valence electrons. The summed E-state index contributed by atoms with van der Waals surface area (Å²) in [6.45, 7) is 13.5. The van der Waals surface area contributed by atoms with E-state index in [4.69, 9.17) is 0 Å². The highest BCUT2D eigenvalue weighted by Gasteiger charge is 2.37. The molecule has 2 fully saturated rings. The Hall–Kier alpha value is -0.0800. The summed E-state index contributed by atoms with van der Waals surface area (Å²) in [6.07, 6.45) is 5.47. The van der Waals surface area contributed by atoms with Crippen molar-refractivity contribution >= 4 is 0 Å². The van der Waals surface area contributed by atoms with E-state index in [-0.39, 0.29) is 0 Å². The van der Waals surface area contributed by atoms with Gasteiger partial charge in [-0.2, -0.15) is 0 Å². The third-order valence-electron chi connectivity index (χ3n) is 5.30. The van der Waals surface area contributed by atoms with Crippen LogP contribution in [-0.2, 0) is 0 Å². The summed E-state index contributed by atoms with van der Waals surface area (Å²) in [7, 11) is 0. The second kappa shape index (κ2) is 5.71. The zero-order chi connectivity index (χ0) is 12.4. The molecule has 2 aliphatic rings. The maximum atomic E-state index is 2.82. The lowest BCUT2D eigenvalue weighted by molar-refractivity contribution is 0.00741. The van der Waals surface area contributed by atoms with Crippen LogP contribution in [-0.4, -0.2) is 47.6 Å². The molecular formula is C15H30N2. The third kappa shape index (κ3) is 2.68. The van der Waals surface area contributed by atoms with E-state index in [0.717, 1.165) is 24.0 Å². The quantitative estimate of drug-likeness (QED) is 0.743. The first kappa shape index (κ1) is 13.4. The molecule has 17 heavy (non-hydrogen) atoms. The average molecular weight is 238 g/mol. The molecule has 2 heterocycles. The molecule has 2 heteroatoms. The molecule has 0 aromatic heterocycles. The second-order valence-corrected chi connectivity index (χ2v) is 6.18. The van der Waals surface area contributed by atoms with E-state index in [9.17, 15) is 0 Å². The summed E-state index contributed by atoms with van der Waals surface area (Å²) in [5, 5.41) is 0. The van der Waals surface area contributed by atoms with Crippen molar-refractivity contribution in [3.05, 3.63) is 0 Å². The van der Waals surface area contributed by atoms with E-state index in [0.29, 0.717) is 0 Å². The molecule has 0 aromatic carbocycles. The molecule has 2 saturated heterocycles. The molecule has 4 unspecified atom stereocenters. The molecule has 4 atom stereocenters. The summed E-state index contributed by atoms with van der Waals surface area (Å²) in [5.74, 6) is 0.831. The monoisotopic (exact) mass is 238 g/mol. The minimum Gasteiger partial charge on any atom is -0.298 e. The van der Waals surface area contributed by atoms with Crippen LogP contribution in [0, 0.1) is 5.92 Å². The van der Waals surface area contributed by atoms with Crippen molar-refractivity contribution in [3.8, 4) is 0 Å². The normalized spacial score (nSPS) is 34.6. The predicted molar refractivity (Wildman–Crippen MR) is 74.3 cm³/mol. The van der Waals surface area contributed by atoms with Gasteiger partial charge in [0, 0.05) is 31.2 Å². The van der Waals surface area contributed by atoms with E-state index in [2.05, 4.69) is 37.5 Å². The molecule has 0 saturated carbocycles. The lowest BCUT2D eigenvalue weighted by Crippen LogP contribution is -2.59. The number of hydrogen-bond acceptors (Lipinski definition) is 2. The topological polar surface area (TPSA) is 6.48 Å². The molecule has 0 bridgehead atoms. The number of rotatable bonds is 4. The zero-order valence-electron chi connectivity index (χ0n) is 12.2. The van der Waals surface area contributed by atoms with E-state index in [1.54, 1.807) is 0 Å². The van der Waals surface area contributed by atoms with Crippen LogP contribution in [0.2, 0.25) is 0 Å². The molecule has 0 N–H and O–H groups in total. The molecular weight excluding hydrogens is 208 g/mol. The Labute approximate surface area is 107 Å². The maximum absolute atomic E-state index is 2.82. The highest BCUT2D eigenvalue weighted by Crippen LogP contribution is 2.29. The van der Waals surface area contributed by atoms with Crippen molar-refractivity contribution in [1.82, 2.24) is 9.80 Å². The number of fused-ring (bicyclic) bond motifs is 1. The van der Waals surface area contributed by atoms with Crippen LogP contribution in [0.25, 0.3) is 0 Å². The van der Waals surface area contributed by atoms with Gasteiger partial charge in [0.05, 0.1) is 0 Å². The molecule has 2 nitrogen and oxygen atoms in total. The standard InChI is InChI=1S/C15H30N2/c1-5-12(3)13(4)17-11-15-8-7-9-16(15)10-14(17)6-2/h12-15H,5-11H2,1-4H3. The highest BCUT2D eigenvalue weighted by molar-refractivity contribution is 4.94. The van der Waals surface area contributed by atoms with Crippen molar-refractivity contribution in [2.45, 2.75) is 71.5 Å².